The van der Waals surface area contributed by atoms with Crippen LogP contribution in [0.2, 0.25) is 5.04 Å². The van der Waals surface area contributed by atoms with Gasteiger partial charge in [0.05, 0.1) is 22.2 Å². The summed E-state index contributed by atoms with van der Waals surface area (Å²) in [5.41, 5.74) is 0. The number of rotatable bonds is 0. The second kappa shape index (κ2) is 0.595. The van der Waals surface area contributed by atoms with Crippen molar-refractivity contribution in [2.24, 2.45) is 0 Å². The summed E-state index contributed by atoms with van der Waals surface area (Å²) in [6.07, 6.45) is 2.51. The fourth-order valence-electron chi connectivity index (χ4n) is 0.151. The third-order valence-corrected chi connectivity index (χ3v) is 1.35. The third kappa shape index (κ3) is 0.688. The van der Waals surface area contributed by atoms with Gasteiger partial charge >= 0.3 is 0 Å². The molecule has 0 aromatic carbocycles. The molecule has 0 atom stereocenters. The van der Waals surface area contributed by atoms with Crippen molar-refractivity contribution < 1.29 is 0 Å². The maximum atomic E-state index is 3.80. The van der Waals surface area contributed by atoms with E-state index in [9.17, 15) is 0 Å². The Hall–Kier alpha value is 0.0869. The molecular weight excluding hydrogens is 76.1 g/mol. The first-order chi connectivity index (χ1) is 2.21. The van der Waals surface area contributed by atoms with Crippen LogP contribution in [0, 0.1) is 6.92 Å². The van der Waals surface area contributed by atoms with Crippen LogP contribution < -0.4 is 0 Å². The second-order valence-electron chi connectivity index (χ2n) is 1.78. The quantitative estimate of drug-likeness (QED) is 0.301. The predicted molar refractivity (Wildman–Crippen MR) is 23.0 cm³/mol. The van der Waals surface area contributed by atoms with Crippen LogP contribution in [-0.4, -0.2) is 10.2 Å². The largest absolute Gasteiger partial charge is 0.0996 e. The lowest BCUT2D eigenvalue weighted by atomic mass is 10.5. The van der Waals surface area contributed by atoms with Crippen molar-refractivity contribution in [2.75, 3.05) is 0 Å². The van der Waals surface area contributed by atoms with Gasteiger partial charge in [-0.15, -0.1) is 0 Å². The van der Waals surface area contributed by atoms with E-state index in [0.717, 1.165) is 0 Å². The van der Waals surface area contributed by atoms with Gasteiger partial charge in [-0.1, -0.05) is 0 Å². The average Bonchev–Trinajstić information content (AvgIpc) is 1.76. The van der Waals surface area contributed by atoms with Crippen LogP contribution >= 0.6 is 0 Å². The molecule has 0 unspecified atom stereocenters. The van der Waals surface area contributed by atoms with Crippen LogP contribution in [0.4, 0.5) is 0 Å². The maximum Gasteiger partial charge on any atom is 0.0996 e. The lowest BCUT2D eigenvalue weighted by molar-refractivity contribution is 1.15. The van der Waals surface area contributed by atoms with E-state index < -0.39 is 0 Å². The molecule has 0 N–H and O–H groups in total. The van der Waals surface area contributed by atoms with Crippen molar-refractivity contribution >= 4 is 10.2 Å². The molecule has 0 aromatic heterocycles. The standard InChI is InChI=1S/C4H6Si/c1-4(5)2-3-4/h1-3H2/q+1. The highest BCUT2D eigenvalue weighted by Gasteiger charge is 2.39. The molecule has 0 heterocycles. The first-order valence-electron chi connectivity index (χ1n) is 1.81. The minimum Gasteiger partial charge on any atom is -0.00727 e. The summed E-state index contributed by atoms with van der Waals surface area (Å²) in [6, 6.07) is 0. The van der Waals surface area contributed by atoms with E-state index in [-0.39, 0.29) is 0 Å². The lowest BCUT2D eigenvalue weighted by Crippen LogP contribution is -1.75. The first-order valence-corrected chi connectivity index (χ1v) is 2.31. The van der Waals surface area contributed by atoms with E-state index in [2.05, 4.69) is 17.2 Å². The first kappa shape index (κ1) is 3.28. The molecule has 0 aromatic rings. The molecule has 1 aliphatic rings. The van der Waals surface area contributed by atoms with Crippen molar-refractivity contribution in [1.29, 1.82) is 0 Å². The fourth-order valence-corrected chi connectivity index (χ4v) is 0.276. The van der Waals surface area contributed by atoms with Gasteiger partial charge in [0.2, 0.25) is 0 Å². The van der Waals surface area contributed by atoms with Gasteiger partial charge in [0.15, 0.2) is 0 Å². The van der Waals surface area contributed by atoms with Gasteiger partial charge in [-0.3, -0.25) is 0 Å². The molecule has 0 spiro atoms. The molecule has 1 heteroatoms. The van der Waals surface area contributed by atoms with E-state index in [1.54, 1.807) is 0 Å². The van der Waals surface area contributed by atoms with E-state index >= 15 is 0 Å². The molecule has 1 fully saturated rings. The van der Waals surface area contributed by atoms with Gasteiger partial charge in [-0.05, 0) is 12.8 Å². The topological polar surface area (TPSA) is 0 Å². The smallest absolute Gasteiger partial charge is 0.00727 e. The van der Waals surface area contributed by atoms with E-state index in [4.69, 9.17) is 0 Å². The average molecular weight is 82.2 g/mol. The summed E-state index contributed by atoms with van der Waals surface area (Å²) in [7, 11) is 3.42. The van der Waals surface area contributed by atoms with Crippen molar-refractivity contribution in [3.63, 3.8) is 0 Å². The third-order valence-electron chi connectivity index (χ3n) is 0.854. The van der Waals surface area contributed by atoms with Crippen LogP contribution in [0.5, 0.6) is 0 Å². The number of hydrogen-bond donors (Lipinski definition) is 0. The maximum absolute atomic E-state index is 3.80. The van der Waals surface area contributed by atoms with Crippen molar-refractivity contribution in [3.05, 3.63) is 6.92 Å². The molecular formula is C4H6Si+. The van der Waals surface area contributed by atoms with E-state index in [1.807, 2.05) is 0 Å². The summed E-state index contributed by atoms with van der Waals surface area (Å²) in [4.78, 5) is 0. The van der Waals surface area contributed by atoms with Crippen LogP contribution in [-0.2, 0) is 0 Å². The Morgan fingerprint density at radius 2 is 1.80 bits per heavy atom. The highest BCUT2D eigenvalue weighted by molar-refractivity contribution is 6.17. The monoisotopic (exact) mass is 82.0 g/mol. The second-order valence-corrected chi connectivity index (χ2v) is 2.84. The van der Waals surface area contributed by atoms with Gasteiger partial charge in [0.1, 0.15) is 0 Å². The zero-order valence-corrected chi connectivity index (χ0v) is 4.12. The van der Waals surface area contributed by atoms with E-state index in [0.29, 0.717) is 5.04 Å². The number of hydrogen-bond acceptors (Lipinski definition) is 0. The SMILES string of the molecule is [CH2+]C1([Si])CC1. The molecule has 0 amide bonds. The fraction of sp³-hybridized carbons (Fsp3) is 0.750. The zero-order valence-electron chi connectivity index (χ0n) is 3.12. The highest BCUT2D eigenvalue weighted by Crippen LogP contribution is 2.48. The summed E-state index contributed by atoms with van der Waals surface area (Å²) >= 11 is 0. The lowest BCUT2D eigenvalue weighted by Gasteiger charge is -1.74. The van der Waals surface area contributed by atoms with Crippen LogP contribution in [0.1, 0.15) is 12.8 Å². The zero-order chi connectivity index (χ0) is 3.91. The van der Waals surface area contributed by atoms with Gasteiger partial charge in [0, 0.05) is 0 Å². The Morgan fingerprint density at radius 1 is 1.60 bits per heavy atom. The summed E-state index contributed by atoms with van der Waals surface area (Å²) in [6.45, 7) is 3.80. The Balaban J connectivity index is 2.38. The molecule has 1 aliphatic carbocycles. The molecule has 0 aliphatic heterocycles. The Kier molecular flexibility index (Phi) is 0.391. The van der Waals surface area contributed by atoms with Crippen molar-refractivity contribution in [1.82, 2.24) is 0 Å². The van der Waals surface area contributed by atoms with Crippen LogP contribution in [0.25, 0.3) is 0 Å². The molecule has 0 nitrogen and oxygen atoms in total. The van der Waals surface area contributed by atoms with Gasteiger partial charge in [-0.2, -0.15) is 0 Å². The molecule has 25 valence electrons. The molecule has 5 heavy (non-hydrogen) atoms. The normalized spacial score (nSPS) is 29.8. The summed E-state index contributed by atoms with van der Waals surface area (Å²) in [5, 5.41) is 0.306. The van der Waals surface area contributed by atoms with Crippen LogP contribution in [0.3, 0.4) is 0 Å². The minimum absolute atomic E-state index is 0.306. The molecule has 1 saturated carbocycles. The van der Waals surface area contributed by atoms with Gasteiger partial charge in [-0.25, -0.2) is 0 Å². The van der Waals surface area contributed by atoms with Crippen molar-refractivity contribution in [3.8, 4) is 0 Å². The van der Waals surface area contributed by atoms with Crippen molar-refractivity contribution in [2.45, 2.75) is 17.9 Å². The Labute approximate surface area is 36.0 Å². The summed E-state index contributed by atoms with van der Waals surface area (Å²) in [5.74, 6) is 0. The Bertz CT molecular complexity index is 41.6. The molecule has 1 rings (SSSR count). The highest BCUT2D eigenvalue weighted by atomic mass is 28.1. The molecule has 0 saturated heterocycles. The summed E-state index contributed by atoms with van der Waals surface area (Å²) < 4.78 is 0. The van der Waals surface area contributed by atoms with Gasteiger partial charge < -0.3 is 0 Å². The molecule has 3 radical (unpaired) electrons. The van der Waals surface area contributed by atoms with Crippen LogP contribution in [0.15, 0.2) is 0 Å². The Morgan fingerprint density at radius 3 is 1.80 bits per heavy atom. The predicted octanol–water partition coefficient (Wildman–Crippen LogP) is 0.941. The van der Waals surface area contributed by atoms with Gasteiger partial charge in [0.25, 0.3) is 0 Å². The minimum atomic E-state index is 0.306. The van der Waals surface area contributed by atoms with E-state index in [1.165, 1.54) is 12.8 Å². The molecule has 0 bridgehead atoms.